The molecule has 0 aliphatic rings. The van der Waals surface area contributed by atoms with E-state index in [0.29, 0.717) is 11.1 Å². The SMILES string of the molecule is CCc1cccc(NC(=O)CSc2nnc(-c3ccc4ccccc4c3)o2)c1. The third-order valence-electron chi connectivity index (χ3n) is 4.35. The Hall–Kier alpha value is -3.12. The number of aromatic nitrogens is 2. The quantitative estimate of drug-likeness (QED) is 0.460. The first-order valence-electron chi connectivity index (χ1n) is 9.05. The summed E-state index contributed by atoms with van der Waals surface area (Å²) in [5, 5.41) is 13.7. The molecule has 4 rings (SSSR count). The first-order chi connectivity index (χ1) is 13.7. The van der Waals surface area contributed by atoms with E-state index in [4.69, 9.17) is 4.42 Å². The molecule has 0 unspecified atom stereocenters. The number of nitrogens with zero attached hydrogens (tertiary/aromatic N) is 2. The molecule has 140 valence electrons. The fourth-order valence-electron chi connectivity index (χ4n) is 2.90. The highest BCUT2D eigenvalue weighted by molar-refractivity contribution is 7.99. The normalized spacial score (nSPS) is 10.9. The van der Waals surface area contributed by atoms with E-state index >= 15 is 0 Å². The second kappa shape index (κ2) is 8.27. The summed E-state index contributed by atoms with van der Waals surface area (Å²) in [7, 11) is 0. The molecule has 28 heavy (non-hydrogen) atoms. The van der Waals surface area contributed by atoms with Gasteiger partial charge in [-0.05, 0) is 47.0 Å². The van der Waals surface area contributed by atoms with Crippen molar-refractivity contribution in [2.24, 2.45) is 0 Å². The van der Waals surface area contributed by atoms with E-state index < -0.39 is 0 Å². The lowest BCUT2D eigenvalue weighted by molar-refractivity contribution is -0.113. The lowest BCUT2D eigenvalue weighted by Gasteiger charge is -2.05. The molecule has 6 heteroatoms. The molecule has 1 heterocycles. The zero-order chi connectivity index (χ0) is 19.3. The van der Waals surface area contributed by atoms with E-state index in [2.05, 4.69) is 28.5 Å². The number of thioether (sulfide) groups is 1. The standard InChI is InChI=1S/C22H19N3O2S/c1-2-15-6-5-9-19(12-15)23-20(26)14-28-22-25-24-21(27-22)18-11-10-16-7-3-4-8-17(16)13-18/h3-13H,2,14H2,1H3,(H,23,26). The van der Waals surface area contributed by atoms with Crippen LogP contribution in [0, 0.1) is 0 Å². The molecular weight excluding hydrogens is 370 g/mol. The average Bonchev–Trinajstić information content (AvgIpc) is 3.21. The minimum absolute atomic E-state index is 0.108. The van der Waals surface area contributed by atoms with Gasteiger partial charge in [-0.25, -0.2) is 0 Å². The molecule has 0 atom stereocenters. The van der Waals surface area contributed by atoms with Gasteiger partial charge in [-0.3, -0.25) is 4.79 Å². The third kappa shape index (κ3) is 4.23. The van der Waals surface area contributed by atoms with Gasteiger partial charge in [0.2, 0.25) is 11.8 Å². The van der Waals surface area contributed by atoms with Crippen molar-refractivity contribution >= 4 is 34.1 Å². The van der Waals surface area contributed by atoms with Crippen LogP contribution in [0.2, 0.25) is 0 Å². The number of nitrogens with one attached hydrogen (secondary N) is 1. The lowest BCUT2D eigenvalue weighted by atomic mass is 10.1. The van der Waals surface area contributed by atoms with Crippen LogP contribution >= 0.6 is 11.8 Å². The lowest BCUT2D eigenvalue weighted by Crippen LogP contribution is -2.14. The largest absolute Gasteiger partial charge is 0.411 e. The number of carbonyl (C=O) groups excluding carboxylic acids is 1. The fourth-order valence-corrected chi connectivity index (χ4v) is 3.46. The molecule has 4 aromatic rings. The van der Waals surface area contributed by atoms with Crippen LogP contribution in [0.4, 0.5) is 5.69 Å². The molecule has 0 spiro atoms. The molecule has 0 saturated carbocycles. The van der Waals surface area contributed by atoms with Crippen molar-refractivity contribution in [2.45, 2.75) is 18.6 Å². The summed E-state index contributed by atoms with van der Waals surface area (Å²) in [5.41, 5.74) is 2.84. The number of benzene rings is 3. The minimum atomic E-state index is -0.108. The molecule has 0 aliphatic carbocycles. The average molecular weight is 389 g/mol. The van der Waals surface area contributed by atoms with Crippen molar-refractivity contribution in [3.05, 3.63) is 72.3 Å². The molecule has 0 bridgehead atoms. The van der Waals surface area contributed by atoms with Crippen LogP contribution in [0.15, 0.2) is 76.4 Å². The summed E-state index contributed by atoms with van der Waals surface area (Å²) in [6.45, 7) is 2.08. The number of amides is 1. The van der Waals surface area contributed by atoms with Gasteiger partial charge < -0.3 is 9.73 Å². The van der Waals surface area contributed by atoms with Crippen molar-refractivity contribution in [3.8, 4) is 11.5 Å². The van der Waals surface area contributed by atoms with Crippen LogP contribution in [-0.4, -0.2) is 21.9 Å². The molecule has 1 N–H and O–H groups in total. The second-order valence-corrected chi connectivity index (χ2v) is 7.25. The number of hydrogen-bond donors (Lipinski definition) is 1. The molecule has 5 nitrogen and oxygen atoms in total. The smallest absolute Gasteiger partial charge is 0.277 e. The Morgan fingerprint density at radius 2 is 1.86 bits per heavy atom. The van der Waals surface area contributed by atoms with Gasteiger partial charge in [0, 0.05) is 11.3 Å². The number of aryl methyl sites for hydroxylation is 1. The summed E-state index contributed by atoms with van der Waals surface area (Å²) in [4.78, 5) is 12.2. The minimum Gasteiger partial charge on any atom is -0.411 e. The van der Waals surface area contributed by atoms with Gasteiger partial charge >= 0.3 is 0 Å². The Kier molecular flexibility index (Phi) is 5.39. The molecule has 0 radical (unpaired) electrons. The van der Waals surface area contributed by atoms with Gasteiger partial charge in [0.05, 0.1) is 5.75 Å². The predicted octanol–water partition coefficient (Wildman–Crippen LogP) is 5.18. The van der Waals surface area contributed by atoms with E-state index in [1.807, 2.05) is 60.7 Å². The van der Waals surface area contributed by atoms with Gasteiger partial charge in [0.1, 0.15) is 0 Å². The second-order valence-electron chi connectivity index (χ2n) is 6.33. The van der Waals surface area contributed by atoms with Crippen molar-refractivity contribution in [2.75, 3.05) is 11.1 Å². The van der Waals surface area contributed by atoms with Crippen LogP contribution in [-0.2, 0) is 11.2 Å². The third-order valence-corrected chi connectivity index (χ3v) is 5.17. The number of anilines is 1. The molecule has 1 amide bonds. The monoisotopic (exact) mass is 389 g/mol. The molecule has 0 saturated heterocycles. The van der Waals surface area contributed by atoms with E-state index in [1.165, 1.54) is 17.3 Å². The zero-order valence-corrected chi connectivity index (χ0v) is 16.2. The highest BCUT2D eigenvalue weighted by atomic mass is 32.2. The summed E-state index contributed by atoms with van der Waals surface area (Å²) in [6, 6.07) is 21.9. The number of hydrogen-bond acceptors (Lipinski definition) is 5. The Bertz CT molecular complexity index is 1120. The van der Waals surface area contributed by atoms with Gasteiger partial charge in [-0.15, -0.1) is 10.2 Å². The van der Waals surface area contributed by atoms with Gasteiger partial charge in [0.25, 0.3) is 5.22 Å². The van der Waals surface area contributed by atoms with Gasteiger partial charge in [0.15, 0.2) is 0 Å². The maximum absolute atomic E-state index is 12.2. The maximum Gasteiger partial charge on any atom is 0.277 e. The van der Waals surface area contributed by atoms with Crippen molar-refractivity contribution in [1.82, 2.24) is 10.2 Å². The summed E-state index contributed by atoms with van der Waals surface area (Å²) >= 11 is 1.22. The Labute approximate surface area is 167 Å². The van der Waals surface area contributed by atoms with Crippen LogP contribution in [0.3, 0.4) is 0 Å². The van der Waals surface area contributed by atoms with Crippen molar-refractivity contribution < 1.29 is 9.21 Å². The maximum atomic E-state index is 12.2. The molecule has 0 aliphatic heterocycles. The number of carbonyl (C=O) groups is 1. The molecular formula is C22H19N3O2S. The fraction of sp³-hybridized carbons (Fsp3) is 0.136. The topological polar surface area (TPSA) is 68.0 Å². The first-order valence-corrected chi connectivity index (χ1v) is 10.0. The van der Waals surface area contributed by atoms with Crippen LogP contribution in [0.5, 0.6) is 0 Å². The Morgan fingerprint density at radius 3 is 2.71 bits per heavy atom. The summed E-state index contributed by atoms with van der Waals surface area (Å²) < 4.78 is 5.72. The summed E-state index contributed by atoms with van der Waals surface area (Å²) in [6.07, 6.45) is 0.929. The van der Waals surface area contributed by atoms with E-state index in [1.54, 1.807) is 0 Å². The van der Waals surface area contributed by atoms with E-state index in [0.717, 1.165) is 28.4 Å². The Balaban J connectivity index is 1.39. The predicted molar refractivity (Wildman–Crippen MR) is 112 cm³/mol. The van der Waals surface area contributed by atoms with E-state index in [-0.39, 0.29) is 11.7 Å². The molecule has 0 fully saturated rings. The van der Waals surface area contributed by atoms with Crippen LogP contribution < -0.4 is 5.32 Å². The van der Waals surface area contributed by atoms with Crippen molar-refractivity contribution in [3.63, 3.8) is 0 Å². The van der Waals surface area contributed by atoms with Gasteiger partial charge in [-0.1, -0.05) is 61.2 Å². The highest BCUT2D eigenvalue weighted by Crippen LogP contribution is 2.26. The summed E-state index contributed by atoms with van der Waals surface area (Å²) in [5.74, 6) is 0.545. The Morgan fingerprint density at radius 1 is 1.00 bits per heavy atom. The molecule has 3 aromatic carbocycles. The molecule has 1 aromatic heterocycles. The first kappa shape index (κ1) is 18.3. The van der Waals surface area contributed by atoms with Crippen molar-refractivity contribution in [1.29, 1.82) is 0 Å². The van der Waals surface area contributed by atoms with Crippen LogP contribution in [0.1, 0.15) is 12.5 Å². The number of fused-ring (bicyclic) bond motifs is 1. The number of rotatable bonds is 6. The van der Waals surface area contributed by atoms with Crippen LogP contribution in [0.25, 0.3) is 22.2 Å². The van der Waals surface area contributed by atoms with E-state index in [9.17, 15) is 4.79 Å². The zero-order valence-electron chi connectivity index (χ0n) is 15.4. The highest BCUT2D eigenvalue weighted by Gasteiger charge is 2.12. The van der Waals surface area contributed by atoms with Gasteiger partial charge in [-0.2, -0.15) is 0 Å².